The second kappa shape index (κ2) is 39.4. The number of ether oxygens (including phenoxy) is 6. The summed E-state index contributed by atoms with van der Waals surface area (Å²) < 4.78 is 31.6. The summed E-state index contributed by atoms with van der Waals surface area (Å²) in [4.78, 5) is 156. The molecule has 101 heavy (non-hydrogen) atoms. The number of halogens is 2. The zero-order valence-electron chi connectivity index (χ0n) is 59.6. The number of carbonyl (C=O) groups excluding carboxylic acids is 12. The molecule has 0 unspecified atom stereocenters. The summed E-state index contributed by atoms with van der Waals surface area (Å²) in [6, 6.07) is 22.2. The van der Waals surface area contributed by atoms with E-state index in [1.807, 2.05) is 0 Å². The number of aromatic nitrogens is 2. The lowest BCUT2D eigenvalue weighted by molar-refractivity contribution is -0.153. The van der Waals surface area contributed by atoms with Crippen molar-refractivity contribution in [1.82, 2.24) is 36.4 Å². The van der Waals surface area contributed by atoms with E-state index in [0.29, 0.717) is 27.9 Å². The standard InChI is InChI=1S/C35H44ClN3O9.C22H24ClN3O5.C14H22N4O4/c1-21-11-9-14-26(36)29(21)31(43)39-27(32(44)46-8)16-15-25(40)20-37-30(42)23-13-10-12-22(17-23)18-24(19-28(41)47-34(2,3)4)38-33(45)48-35(5,6)7;1-13-5-3-8-17(23)19(13)21(29)26-18(22(30)31-2)10-9-16(27)12-25-20(28)14-6-4-7-15(24)11-14;1-13(2,3)21-11(19)16-10(18-9-7-8-15-18)17-12(20)22-14(4,5)6/h9-14,17,27H,15-16,18-20H2,1-8H3,(H,37,42)(H,39,43);3-8,11,18H,9-10,12,24H2,1-2H3,(H,25,28)(H,26,29);7-9H,1-6H3,(H,16,17,19,20)/t27-;18-;/m00./s1. The Bertz CT molecular complexity index is 3800. The molecule has 0 spiro atoms. The fourth-order valence-corrected chi connectivity index (χ4v) is 9.18. The van der Waals surface area contributed by atoms with E-state index in [-0.39, 0.29) is 102 Å². The maximum atomic E-state index is 12.9. The first-order chi connectivity index (χ1) is 47.0. The van der Waals surface area contributed by atoms with Gasteiger partial charge in [-0.3, -0.25) is 38.9 Å². The molecule has 30 heteroatoms. The van der Waals surface area contributed by atoms with Gasteiger partial charge in [0.1, 0.15) is 34.5 Å². The van der Waals surface area contributed by atoms with Crippen molar-refractivity contribution in [2.75, 3.05) is 33.0 Å². The molecule has 0 fully saturated rings. The fourth-order valence-electron chi connectivity index (χ4n) is 8.57. The summed E-state index contributed by atoms with van der Waals surface area (Å²) in [5.74, 6) is -4.91. The molecule has 0 saturated carbocycles. The number of benzene rings is 4. The van der Waals surface area contributed by atoms with Gasteiger partial charge in [-0.15, -0.1) is 4.99 Å². The van der Waals surface area contributed by atoms with Gasteiger partial charge in [-0.1, -0.05) is 65.7 Å². The summed E-state index contributed by atoms with van der Waals surface area (Å²) in [6.07, 6.45) is 0.0935. The van der Waals surface area contributed by atoms with E-state index in [1.54, 1.807) is 182 Å². The van der Waals surface area contributed by atoms with Gasteiger partial charge in [0.05, 0.1) is 54.9 Å². The minimum Gasteiger partial charge on any atom is -0.467 e. The molecule has 7 amide bonds. The van der Waals surface area contributed by atoms with Gasteiger partial charge in [-0.05, 0) is 175 Å². The molecule has 0 bridgehead atoms. The molecule has 2 atom stereocenters. The van der Waals surface area contributed by atoms with E-state index in [2.05, 4.69) is 41.7 Å². The molecule has 0 saturated heterocycles. The van der Waals surface area contributed by atoms with Crippen molar-refractivity contribution >= 4 is 112 Å². The van der Waals surface area contributed by atoms with Gasteiger partial charge in [0, 0.05) is 54.2 Å². The normalized spacial score (nSPS) is 12.1. The maximum absolute atomic E-state index is 12.9. The second-order valence-corrected chi connectivity index (χ2v) is 27.2. The number of hydrogen-bond acceptors (Lipinski definition) is 20. The lowest BCUT2D eigenvalue weighted by Crippen LogP contribution is -2.42. The lowest BCUT2D eigenvalue weighted by Gasteiger charge is -2.20. The van der Waals surface area contributed by atoms with Crippen molar-refractivity contribution in [3.8, 4) is 0 Å². The molecule has 7 N–H and O–H groups in total. The van der Waals surface area contributed by atoms with E-state index in [1.165, 1.54) is 37.4 Å². The number of nitrogens with one attached hydrogen (secondary N) is 5. The second-order valence-electron chi connectivity index (χ2n) is 26.4. The van der Waals surface area contributed by atoms with Crippen LogP contribution >= 0.6 is 23.2 Å². The van der Waals surface area contributed by atoms with Crippen LogP contribution in [0.1, 0.15) is 173 Å². The molecule has 5 rings (SSSR count). The van der Waals surface area contributed by atoms with Crippen LogP contribution in [0.5, 0.6) is 0 Å². The number of nitrogen functional groups attached to an aromatic ring is 1. The van der Waals surface area contributed by atoms with Crippen molar-refractivity contribution < 1.29 is 86.0 Å². The molecule has 5 aromatic rings. The Morgan fingerprint density at radius 1 is 0.545 bits per heavy atom. The van der Waals surface area contributed by atoms with E-state index in [0.717, 1.165) is 0 Å². The Hall–Kier alpha value is -10.4. The minimum atomic E-state index is -1.12. The third-order valence-electron chi connectivity index (χ3n) is 12.9. The highest BCUT2D eigenvalue weighted by Crippen LogP contribution is 2.22. The number of Topliss-reactive ketones (excluding diaryl/α,β-unsaturated/α-hetero) is 2. The zero-order valence-corrected chi connectivity index (χ0v) is 61.1. The van der Waals surface area contributed by atoms with Crippen molar-refractivity contribution in [2.45, 2.75) is 170 Å². The Morgan fingerprint density at radius 3 is 1.40 bits per heavy atom. The van der Waals surface area contributed by atoms with Gasteiger partial charge in [0.2, 0.25) is 5.96 Å². The molecule has 0 aliphatic heterocycles. The Morgan fingerprint density at radius 2 is 0.980 bits per heavy atom. The van der Waals surface area contributed by atoms with Gasteiger partial charge in [-0.2, -0.15) is 10.1 Å². The fraction of sp³-hybridized carbons (Fsp3) is 0.423. The van der Waals surface area contributed by atoms with Crippen LogP contribution in [-0.2, 0) is 58.8 Å². The van der Waals surface area contributed by atoms with Gasteiger partial charge < -0.3 is 55.4 Å². The first-order valence-corrected chi connectivity index (χ1v) is 32.4. The van der Waals surface area contributed by atoms with Gasteiger partial charge >= 0.3 is 36.2 Å². The number of nitrogens with two attached hydrogens (primary N) is 1. The number of esters is 3. The summed E-state index contributed by atoms with van der Waals surface area (Å²) in [6.45, 7) is 23.5. The molecule has 546 valence electrons. The number of ketones is 2. The van der Waals surface area contributed by atoms with Crippen molar-refractivity contribution in [1.29, 1.82) is 0 Å². The van der Waals surface area contributed by atoms with Crippen LogP contribution in [0.4, 0.5) is 20.1 Å². The SMILES string of the molecule is CC(C)(C)OC(=O)N=C(NC(=O)OC(C)(C)C)n1cccn1.COC(=O)[C@H](CCC(=O)CNC(=O)c1cccc(CC(CC(=O)OC(C)(C)C)=NC(=O)OC(C)(C)C)c1)NC(=O)c1c(C)cccc1Cl.COC(=O)[C@H](CCC(=O)CNC(=O)c1cccc(N)c1)NC(=O)c1c(C)cccc1Cl. The van der Waals surface area contributed by atoms with Crippen LogP contribution in [0.3, 0.4) is 0 Å². The summed E-state index contributed by atoms with van der Waals surface area (Å²) in [7, 11) is 2.36. The van der Waals surface area contributed by atoms with E-state index >= 15 is 0 Å². The molecule has 0 aliphatic carbocycles. The summed E-state index contributed by atoms with van der Waals surface area (Å²) in [5, 5.41) is 17.0. The molecule has 1 aromatic heterocycles. The molecular weight excluding hydrogens is 1350 g/mol. The van der Waals surface area contributed by atoms with Crippen molar-refractivity contribution in [3.05, 3.63) is 152 Å². The van der Waals surface area contributed by atoms with Crippen LogP contribution in [0, 0.1) is 13.8 Å². The minimum absolute atomic E-state index is 0.00883. The number of carbonyl (C=O) groups is 12. The summed E-state index contributed by atoms with van der Waals surface area (Å²) >= 11 is 12.3. The van der Waals surface area contributed by atoms with Crippen LogP contribution in [0.15, 0.2) is 113 Å². The number of amides is 7. The number of rotatable bonds is 22. The third kappa shape index (κ3) is 32.9. The topological polar surface area (TPSA) is 389 Å². The summed E-state index contributed by atoms with van der Waals surface area (Å²) in [5.41, 5.74) is 6.21. The van der Waals surface area contributed by atoms with Crippen LogP contribution in [-0.4, -0.2) is 155 Å². The highest BCUT2D eigenvalue weighted by Gasteiger charge is 2.29. The molecule has 0 aliphatic rings. The number of hydrogen-bond donors (Lipinski definition) is 6. The van der Waals surface area contributed by atoms with Crippen LogP contribution < -0.4 is 32.3 Å². The predicted octanol–water partition coefficient (Wildman–Crippen LogP) is 10.2. The maximum Gasteiger partial charge on any atom is 0.437 e. The monoisotopic (exact) mass is 1440 g/mol. The zero-order chi connectivity index (χ0) is 76.2. The average molecular weight is 1440 g/mol. The van der Waals surface area contributed by atoms with Gasteiger partial charge in [0.15, 0.2) is 11.6 Å². The Labute approximate surface area is 596 Å². The molecule has 28 nitrogen and oxygen atoms in total. The van der Waals surface area contributed by atoms with E-state index < -0.39 is 94.3 Å². The lowest BCUT2D eigenvalue weighted by atomic mass is 10.0. The number of methoxy groups -OCH3 is 2. The number of nitrogens with zero attached hydrogens (tertiary/aromatic N) is 4. The number of aliphatic imine (C=N–C) groups is 2. The number of anilines is 1. The smallest absolute Gasteiger partial charge is 0.437 e. The van der Waals surface area contributed by atoms with Crippen LogP contribution in [0.25, 0.3) is 0 Å². The van der Waals surface area contributed by atoms with Crippen molar-refractivity contribution in [2.24, 2.45) is 9.98 Å². The molecule has 0 radical (unpaired) electrons. The Balaban J connectivity index is 0.000000427. The van der Waals surface area contributed by atoms with Crippen molar-refractivity contribution in [3.63, 3.8) is 0 Å². The average Bonchev–Trinajstić information content (AvgIpc) is 1.15. The van der Waals surface area contributed by atoms with Crippen LogP contribution in [0.2, 0.25) is 10.0 Å². The largest absolute Gasteiger partial charge is 0.467 e. The first-order valence-electron chi connectivity index (χ1n) is 31.6. The molecular formula is C71H90Cl2N10O18. The molecule has 1 heterocycles. The van der Waals surface area contributed by atoms with E-state index in [9.17, 15) is 57.5 Å². The highest BCUT2D eigenvalue weighted by atomic mass is 35.5. The molecule has 4 aromatic carbocycles. The third-order valence-corrected chi connectivity index (χ3v) is 13.5. The number of alkyl carbamates (subject to hydrolysis) is 1. The van der Waals surface area contributed by atoms with Gasteiger partial charge in [-0.25, -0.2) is 28.7 Å². The predicted molar refractivity (Wildman–Crippen MR) is 378 cm³/mol. The van der Waals surface area contributed by atoms with E-state index in [4.69, 9.17) is 57.4 Å². The quantitative estimate of drug-likeness (QED) is 0.0123. The Kier molecular flexibility index (Phi) is 33.1. The highest BCUT2D eigenvalue weighted by molar-refractivity contribution is 6.34. The van der Waals surface area contributed by atoms with Gasteiger partial charge in [0.25, 0.3) is 23.6 Å². The number of aryl methyl sites for hydroxylation is 2. The first kappa shape index (κ1) is 84.9.